The Labute approximate surface area is 204 Å². The summed E-state index contributed by atoms with van der Waals surface area (Å²) in [6.45, 7) is 5.08. The number of aldehydes is 1. The predicted octanol–water partition coefficient (Wildman–Crippen LogP) is 5.45. The first-order chi connectivity index (χ1) is 16.6. The van der Waals surface area contributed by atoms with E-state index in [1.165, 1.54) is 12.7 Å². The number of nitrogens with one attached hydrogen (secondary N) is 1. The zero-order chi connectivity index (χ0) is 25.6. The summed E-state index contributed by atoms with van der Waals surface area (Å²) in [4.78, 5) is 24.4. The molecule has 0 aliphatic carbocycles. The molecule has 2 N–H and O–H groups in total. The Morgan fingerprint density at radius 1 is 1.06 bits per heavy atom. The minimum atomic E-state index is -3.34. The van der Waals surface area contributed by atoms with Crippen LogP contribution >= 0.6 is 7.37 Å². The lowest BCUT2D eigenvalue weighted by atomic mass is 9.93. The number of hydrogen-bond donors (Lipinski definition) is 2. The van der Waals surface area contributed by atoms with E-state index >= 15 is 0 Å². The van der Waals surface area contributed by atoms with E-state index in [1.54, 1.807) is 12.1 Å². The minimum Gasteiger partial charge on any atom is -0.507 e. The molecule has 35 heavy (non-hydrogen) atoms. The van der Waals surface area contributed by atoms with E-state index in [-0.39, 0.29) is 17.5 Å². The van der Waals surface area contributed by atoms with Crippen LogP contribution < -0.4 is 5.32 Å². The molecule has 2 atom stereocenters. The third kappa shape index (κ3) is 7.10. The highest BCUT2D eigenvalue weighted by molar-refractivity contribution is 7.57. The molecule has 0 aromatic heterocycles. The van der Waals surface area contributed by atoms with Crippen molar-refractivity contribution in [2.45, 2.75) is 38.9 Å². The summed E-state index contributed by atoms with van der Waals surface area (Å²) in [5.74, 6) is -0.713. The number of amides is 1. The number of phenolic OH excluding ortho intramolecular Hbond substituents is 1. The Morgan fingerprint density at radius 2 is 1.71 bits per heavy atom. The molecule has 0 spiro atoms. The molecule has 3 aromatic rings. The fourth-order valence-electron chi connectivity index (χ4n) is 4.14. The molecule has 3 aromatic carbocycles. The van der Waals surface area contributed by atoms with Crippen LogP contribution in [0.3, 0.4) is 0 Å². The molecule has 0 heterocycles. The molecule has 0 saturated carbocycles. The van der Waals surface area contributed by atoms with Gasteiger partial charge in [-0.15, -0.1) is 4.73 Å². The first-order valence-corrected chi connectivity index (χ1v) is 13.5. The number of hydrogen-bond acceptors (Lipinski definition) is 5. The fourth-order valence-corrected chi connectivity index (χ4v) is 5.03. The molecule has 0 saturated heterocycles. The standard InChI is InChI=1S/C27H29FNO5P/c1-18-11-22(17-35(3,33)34-28)12-19(2)24(18)14-21-9-10-26(31)25(15-21)27(32)29-23(16-30)13-20-7-5-4-6-8-20/h4-12,15-16,23,31H,13-14,17H2,1-3H3,(H,29,32)/t23-,35?/m0/s1. The van der Waals surface area contributed by atoms with Gasteiger partial charge in [0.05, 0.1) is 17.8 Å². The van der Waals surface area contributed by atoms with Crippen LogP contribution in [0, 0.1) is 13.8 Å². The molecule has 0 bridgehead atoms. The number of carbonyl (C=O) groups excluding carboxylic acids is 2. The van der Waals surface area contributed by atoms with Crippen LogP contribution in [0.15, 0.2) is 60.7 Å². The third-order valence-corrected chi connectivity index (χ3v) is 7.07. The molecule has 3 rings (SSSR count). The molecule has 8 heteroatoms. The zero-order valence-electron chi connectivity index (χ0n) is 20.0. The number of benzene rings is 3. The molecule has 184 valence electrons. The van der Waals surface area contributed by atoms with E-state index in [1.807, 2.05) is 56.3 Å². The Kier molecular flexibility index (Phi) is 8.60. The number of phenols is 1. The molecule has 6 nitrogen and oxygen atoms in total. The highest BCUT2D eigenvalue weighted by Gasteiger charge is 2.20. The lowest BCUT2D eigenvalue weighted by molar-refractivity contribution is -0.109. The van der Waals surface area contributed by atoms with Gasteiger partial charge in [-0.05, 0) is 76.7 Å². The second kappa shape index (κ2) is 11.4. The maximum Gasteiger partial charge on any atom is 0.255 e. The van der Waals surface area contributed by atoms with E-state index in [4.69, 9.17) is 0 Å². The van der Waals surface area contributed by atoms with Gasteiger partial charge in [-0.25, -0.2) is 0 Å². The Balaban J connectivity index is 1.78. The first kappa shape index (κ1) is 26.3. The van der Waals surface area contributed by atoms with Gasteiger partial charge in [0.15, 0.2) is 0 Å². The van der Waals surface area contributed by atoms with Crippen molar-refractivity contribution in [3.8, 4) is 5.75 Å². The molecule has 0 radical (unpaired) electrons. The average molecular weight is 498 g/mol. The van der Waals surface area contributed by atoms with Gasteiger partial charge in [0, 0.05) is 6.66 Å². The number of rotatable bonds is 10. The van der Waals surface area contributed by atoms with E-state index < -0.39 is 19.3 Å². The van der Waals surface area contributed by atoms with Gasteiger partial charge >= 0.3 is 0 Å². The number of carbonyl (C=O) groups is 2. The van der Waals surface area contributed by atoms with Crippen molar-refractivity contribution < 1.29 is 28.5 Å². The summed E-state index contributed by atoms with van der Waals surface area (Å²) in [6.07, 6.45) is 1.52. The van der Waals surface area contributed by atoms with Crippen LogP contribution in [0.25, 0.3) is 0 Å². The lowest BCUT2D eigenvalue weighted by Gasteiger charge is -2.16. The number of halogens is 1. The summed E-state index contributed by atoms with van der Waals surface area (Å²) in [5.41, 5.74) is 5.38. The maximum atomic E-state index is 12.9. The zero-order valence-corrected chi connectivity index (χ0v) is 20.8. The van der Waals surface area contributed by atoms with Crippen LogP contribution in [0.4, 0.5) is 4.53 Å². The summed E-state index contributed by atoms with van der Waals surface area (Å²) in [7, 11) is -3.34. The summed E-state index contributed by atoms with van der Waals surface area (Å²) in [6, 6.07) is 17.1. The van der Waals surface area contributed by atoms with Gasteiger partial charge < -0.3 is 15.2 Å². The second-order valence-corrected chi connectivity index (χ2v) is 11.4. The van der Waals surface area contributed by atoms with E-state index in [2.05, 4.69) is 10.0 Å². The topological polar surface area (TPSA) is 92.7 Å². The Morgan fingerprint density at radius 3 is 2.31 bits per heavy atom. The lowest BCUT2D eigenvalue weighted by Crippen LogP contribution is -2.37. The Hall–Kier alpha value is -3.28. The summed E-state index contributed by atoms with van der Waals surface area (Å²) >= 11 is 0. The van der Waals surface area contributed by atoms with Crippen molar-refractivity contribution in [3.63, 3.8) is 0 Å². The quantitative estimate of drug-likeness (QED) is 0.287. The maximum absolute atomic E-state index is 12.9. The largest absolute Gasteiger partial charge is 0.507 e. The van der Waals surface area contributed by atoms with Crippen molar-refractivity contribution in [3.05, 3.63) is 99.6 Å². The molecule has 1 amide bonds. The first-order valence-electron chi connectivity index (χ1n) is 11.2. The van der Waals surface area contributed by atoms with Crippen molar-refractivity contribution >= 4 is 19.6 Å². The van der Waals surface area contributed by atoms with Gasteiger partial charge in [-0.2, -0.15) is 0 Å². The molecular weight excluding hydrogens is 468 g/mol. The fraction of sp³-hybridized carbons (Fsp3) is 0.259. The Bertz CT molecular complexity index is 1240. The van der Waals surface area contributed by atoms with Crippen molar-refractivity contribution in [2.24, 2.45) is 0 Å². The smallest absolute Gasteiger partial charge is 0.255 e. The van der Waals surface area contributed by atoms with Crippen LogP contribution in [0.5, 0.6) is 5.75 Å². The predicted molar refractivity (Wildman–Crippen MR) is 134 cm³/mol. The van der Waals surface area contributed by atoms with Crippen molar-refractivity contribution in [1.29, 1.82) is 0 Å². The molecule has 0 fully saturated rings. The van der Waals surface area contributed by atoms with E-state index in [0.717, 1.165) is 33.4 Å². The van der Waals surface area contributed by atoms with Crippen molar-refractivity contribution in [2.75, 3.05) is 6.66 Å². The highest BCUT2D eigenvalue weighted by Crippen LogP contribution is 2.46. The van der Waals surface area contributed by atoms with E-state index in [9.17, 15) is 23.8 Å². The molecular formula is C27H29FNO5P. The monoisotopic (exact) mass is 497 g/mol. The second-order valence-electron chi connectivity index (χ2n) is 8.88. The third-order valence-electron chi connectivity index (χ3n) is 5.84. The van der Waals surface area contributed by atoms with Crippen molar-refractivity contribution in [1.82, 2.24) is 5.32 Å². The van der Waals surface area contributed by atoms with Gasteiger partial charge in [-0.3, -0.25) is 9.36 Å². The average Bonchev–Trinajstić information content (AvgIpc) is 2.82. The molecule has 0 aliphatic heterocycles. The van der Waals surface area contributed by atoms with Gasteiger partial charge in [0.2, 0.25) is 7.37 Å². The van der Waals surface area contributed by atoms with Crippen LogP contribution in [0.1, 0.15) is 43.7 Å². The summed E-state index contributed by atoms with van der Waals surface area (Å²) < 4.78 is 28.2. The van der Waals surface area contributed by atoms with Gasteiger partial charge in [0.25, 0.3) is 5.91 Å². The van der Waals surface area contributed by atoms with Crippen LogP contribution in [0.2, 0.25) is 0 Å². The minimum absolute atomic E-state index is 0.00410. The molecule has 0 aliphatic rings. The highest BCUT2D eigenvalue weighted by atomic mass is 31.2. The van der Waals surface area contributed by atoms with Crippen LogP contribution in [-0.4, -0.2) is 30.0 Å². The summed E-state index contributed by atoms with van der Waals surface area (Å²) in [5, 5.41) is 13.0. The van der Waals surface area contributed by atoms with Crippen LogP contribution in [-0.2, 0) is 33.1 Å². The van der Waals surface area contributed by atoms with Gasteiger partial charge in [0.1, 0.15) is 12.0 Å². The van der Waals surface area contributed by atoms with Gasteiger partial charge in [-0.1, -0.05) is 48.5 Å². The molecule has 1 unspecified atom stereocenters. The van der Waals surface area contributed by atoms with E-state index in [0.29, 0.717) is 19.1 Å². The number of aromatic hydroxyl groups is 1. The normalized spacial score (nSPS) is 13.6. The SMILES string of the molecule is Cc1cc(CP(C)(=O)OF)cc(C)c1Cc1ccc(O)c(C(=O)N[C@H](C=O)Cc2ccccc2)c1. The number of aryl methyl sites for hydroxylation is 2.